The standard InChI is InChI=1S/C38H57N3O3/c1-3-4-23-41(36(42)20-19-30-17-15-29(2)16-18-30)34-21-24-39(25-22-34)26-33-27-40(28-35(33)31-11-7-5-8-12-31)37(38(43)44)32-13-9-6-10-14-32/h5,7-8,11-12,15,17-18,29,32-35,37H,3-4,6,9-10,13-14,16,19-28H2,1-2H3,(H,43,44)/t29?,33-,35+,37+/m0/s1. The van der Waals surface area contributed by atoms with Crippen molar-refractivity contribution in [1.29, 1.82) is 0 Å². The van der Waals surface area contributed by atoms with E-state index in [2.05, 4.69) is 77.1 Å². The highest BCUT2D eigenvalue weighted by atomic mass is 16.4. The van der Waals surface area contributed by atoms with E-state index in [1.165, 1.54) is 17.6 Å². The second-order valence-corrected chi connectivity index (χ2v) is 14.2. The Bertz CT molecular complexity index is 1120. The third kappa shape index (κ3) is 8.63. The summed E-state index contributed by atoms with van der Waals surface area (Å²) >= 11 is 0. The number of nitrogens with zero attached hydrogens (tertiary/aromatic N) is 3. The molecule has 4 atom stereocenters. The number of carbonyl (C=O) groups excluding carboxylic acids is 1. The van der Waals surface area contributed by atoms with Crippen LogP contribution in [0.1, 0.15) is 102 Å². The molecule has 0 spiro atoms. The van der Waals surface area contributed by atoms with E-state index >= 15 is 0 Å². The molecule has 2 aliphatic heterocycles. The van der Waals surface area contributed by atoms with Gasteiger partial charge < -0.3 is 14.9 Å². The summed E-state index contributed by atoms with van der Waals surface area (Å²) in [5.41, 5.74) is 2.66. The maximum atomic E-state index is 13.5. The van der Waals surface area contributed by atoms with Gasteiger partial charge in [-0.05, 0) is 68.3 Å². The number of amides is 1. The molecule has 4 aliphatic rings. The Balaban J connectivity index is 1.20. The summed E-state index contributed by atoms with van der Waals surface area (Å²) in [6.07, 6.45) is 19.2. The number of carboxylic acid groups (broad SMARTS) is 1. The number of aliphatic carboxylic acids is 1. The van der Waals surface area contributed by atoms with Gasteiger partial charge in [0.25, 0.3) is 0 Å². The summed E-state index contributed by atoms with van der Waals surface area (Å²) in [6.45, 7) is 10.0. The number of unbranched alkanes of at least 4 members (excludes halogenated alkanes) is 1. The fourth-order valence-electron chi connectivity index (χ4n) is 8.44. The van der Waals surface area contributed by atoms with E-state index in [1.54, 1.807) is 0 Å². The zero-order valence-electron chi connectivity index (χ0n) is 27.4. The second-order valence-electron chi connectivity index (χ2n) is 14.2. The Morgan fingerprint density at radius 2 is 1.77 bits per heavy atom. The van der Waals surface area contributed by atoms with Crippen molar-refractivity contribution in [2.24, 2.45) is 17.8 Å². The molecule has 2 aliphatic carbocycles. The molecule has 6 heteroatoms. The molecule has 2 saturated heterocycles. The van der Waals surface area contributed by atoms with Gasteiger partial charge in [0.15, 0.2) is 0 Å². The van der Waals surface area contributed by atoms with E-state index in [-0.39, 0.29) is 12.0 Å². The van der Waals surface area contributed by atoms with Crippen LogP contribution in [0, 0.1) is 17.8 Å². The van der Waals surface area contributed by atoms with Crippen molar-refractivity contribution in [3.63, 3.8) is 0 Å². The number of carboxylic acids is 1. The number of benzene rings is 1. The molecule has 2 heterocycles. The molecule has 44 heavy (non-hydrogen) atoms. The minimum atomic E-state index is -0.632. The van der Waals surface area contributed by atoms with Gasteiger partial charge in [-0.3, -0.25) is 14.5 Å². The van der Waals surface area contributed by atoms with Gasteiger partial charge in [-0.2, -0.15) is 0 Å². The number of carbonyl (C=O) groups is 2. The predicted octanol–water partition coefficient (Wildman–Crippen LogP) is 7.13. The van der Waals surface area contributed by atoms with Gasteiger partial charge in [0.05, 0.1) is 0 Å². The first kappa shape index (κ1) is 32.9. The molecule has 0 aromatic heterocycles. The number of allylic oxidation sites excluding steroid dienone is 4. The molecule has 1 amide bonds. The van der Waals surface area contributed by atoms with Gasteiger partial charge >= 0.3 is 5.97 Å². The topological polar surface area (TPSA) is 64.1 Å². The largest absolute Gasteiger partial charge is 0.480 e. The van der Waals surface area contributed by atoms with Crippen LogP contribution in [0.25, 0.3) is 0 Å². The van der Waals surface area contributed by atoms with Crippen molar-refractivity contribution < 1.29 is 14.7 Å². The Kier molecular flexibility index (Phi) is 12.1. The van der Waals surface area contributed by atoms with Gasteiger partial charge in [0, 0.05) is 57.6 Å². The SMILES string of the molecule is CCCCN(C(=O)CCC1=CCC(C)C=C1)C1CCN(C[C@H]2CN([C@@H](C(=O)O)C3CCCCC3)C[C@@H]2c2ccccc2)CC1. The Labute approximate surface area is 266 Å². The van der Waals surface area contributed by atoms with Gasteiger partial charge in [0.1, 0.15) is 6.04 Å². The van der Waals surface area contributed by atoms with Crippen molar-refractivity contribution >= 4 is 11.9 Å². The molecule has 1 aromatic rings. The van der Waals surface area contributed by atoms with Crippen LogP contribution in [0.2, 0.25) is 0 Å². The van der Waals surface area contributed by atoms with Gasteiger partial charge in [-0.1, -0.05) is 93.7 Å². The summed E-state index contributed by atoms with van der Waals surface area (Å²) in [5.74, 6) is 1.33. The minimum absolute atomic E-state index is 0.271. The molecular formula is C38H57N3O3. The fourth-order valence-corrected chi connectivity index (χ4v) is 8.44. The molecule has 3 fully saturated rings. The highest BCUT2D eigenvalue weighted by Gasteiger charge is 2.43. The molecule has 5 rings (SSSR count). The number of hydrogen-bond donors (Lipinski definition) is 1. The van der Waals surface area contributed by atoms with Crippen LogP contribution >= 0.6 is 0 Å². The third-order valence-electron chi connectivity index (χ3n) is 11.0. The van der Waals surface area contributed by atoms with Crippen molar-refractivity contribution in [1.82, 2.24) is 14.7 Å². The number of likely N-dealkylation sites (tertiary alicyclic amines) is 2. The van der Waals surface area contributed by atoms with Crippen LogP contribution in [0.3, 0.4) is 0 Å². The Morgan fingerprint density at radius 3 is 2.43 bits per heavy atom. The summed E-state index contributed by atoms with van der Waals surface area (Å²) in [4.78, 5) is 33.3. The van der Waals surface area contributed by atoms with Gasteiger partial charge in [-0.25, -0.2) is 0 Å². The maximum absolute atomic E-state index is 13.5. The summed E-state index contributed by atoms with van der Waals surface area (Å²) in [6, 6.07) is 10.8. The van der Waals surface area contributed by atoms with Crippen LogP contribution in [0.4, 0.5) is 0 Å². The molecule has 242 valence electrons. The molecule has 0 radical (unpaired) electrons. The Morgan fingerprint density at radius 1 is 1.02 bits per heavy atom. The minimum Gasteiger partial charge on any atom is -0.480 e. The molecular weight excluding hydrogens is 546 g/mol. The van der Waals surface area contributed by atoms with E-state index in [9.17, 15) is 14.7 Å². The molecule has 1 aromatic carbocycles. The zero-order valence-corrected chi connectivity index (χ0v) is 27.4. The molecule has 6 nitrogen and oxygen atoms in total. The van der Waals surface area contributed by atoms with Crippen LogP contribution < -0.4 is 0 Å². The smallest absolute Gasteiger partial charge is 0.321 e. The normalized spacial score (nSPS) is 26.4. The summed E-state index contributed by atoms with van der Waals surface area (Å²) < 4.78 is 0. The number of piperidine rings is 1. The second kappa shape index (κ2) is 16.2. The van der Waals surface area contributed by atoms with Crippen LogP contribution in [0.5, 0.6) is 0 Å². The molecule has 1 saturated carbocycles. The molecule has 0 bridgehead atoms. The Hall–Kier alpha value is -2.44. The van der Waals surface area contributed by atoms with Crippen molar-refractivity contribution in [2.75, 3.05) is 39.3 Å². The highest BCUT2D eigenvalue weighted by molar-refractivity contribution is 5.77. The quantitative estimate of drug-likeness (QED) is 0.260. The zero-order chi connectivity index (χ0) is 30.9. The number of hydrogen-bond acceptors (Lipinski definition) is 4. The third-order valence-corrected chi connectivity index (χ3v) is 11.0. The first-order valence-electron chi connectivity index (χ1n) is 17.8. The average Bonchev–Trinajstić information content (AvgIpc) is 3.45. The van der Waals surface area contributed by atoms with Gasteiger partial charge in [-0.15, -0.1) is 0 Å². The number of rotatable bonds is 13. The van der Waals surface area contributed by atoms with Gasteiger partial charge in [0.2, 0.25) is 5.91 Å². The lowest BCUT2D eigenvalue weighted by Gasteiger charge is -2.40. The monoisotopic (exact) mass is 603 g/mol. The predicted molar refractivity (Wildman–Crippen MR) is 179 cm³/mol. The lowest BCUT2D eigenvalue weighted by molar-refractivity contribution is -0.145. The van der Waals surface area contributed by atoms with Crippen LogP contribution in [0.15, 0.2) is 54.1 Å². The molecule has 1 N–H and O–H groups in total. The lowest BCUT2D eigenvalue weighted by Crippen LogP contribution is -2.49. The average molecular weight is 604 g/mol. The lowest BCUT2D eigenvalue weighted by atomic mass is 9.83. The van der Waals surface area contributed by atoms with E-state index in [4.69, 9.17) is 0 Å². The fraction of sp³-hybridized carbons (Fsp3) is 0.684. The van der Waals surface area contributed by atoms with Crippen molar-refractivity contribution in [3.05, 3.63) is 59.7 Å². The first-order chi connectivity index (χ1) is 21.4. The van der Waals surface area contributed by atoms with Crippen LogP contribution in [-0.2, 0) is 9.59 Å². The van der Waals surface area contributed by atoms with E-state index in [0.717, 1.165) is 103 Å². The summed E-state index contributed by atoms with van der Waals surface area (Å²) in [5, 5.41) is 10.4. The van der Waals surface area contributed by atoms with E-state index < -0.39 is 5.97 Å². The van der Waals surface area contributed by atoms with Crippen molar-refractivity contribution in [2.45, 2.75) is 109 Å². The first-order valence-corrected chi connectivity index (χ1v) is 17.8. The maximum Gasteiger partial charge on any atom is 0.321 e. The van der Waals surface area contributed by atoms with Crippen LogP contribution in [-0.4, -0.2) is 83.0 Å². The summed E-state index contributed by atoms with van der Waals surface area (Å²) in [7, 11) is 0. The highest BCUT2D eigenvalue weighted by Crippen LogP contribution is 2.38. The van der Waals surface area contributed by atoms with E-state index in [0.29, 0.717) is 36.1 Å². The van der Waals surface area contributed by atoms with E-state index in [1.807, 2.05) is 0 Å². The molecule has 1 unspecified atom stereocenters. The van der Waals surface area contributed by atoms with Crippen molar-refractivity contribution in [3.8, 4) is 0 Å².